The third-order valence-corrected chi connectivity index (χ3v) is 4.44. The number of hydrogen-bond donors (Lipinski definition) is 1. The van der Waals surface area contributed by atoms with Crippen molar-refractivity contribution in [1.29, 1.82) is 0 Å². The van der Waals surface area contributed by atoms with Crippen LogP contribution in [0.1, 0.15) is 25.8 Å². The Hall–Kier alpha value is -0.450. The van der Waals surface area contributed by atoms with Gasteiger partial charge in [0.05, 0.1) is 4.47 Å². The fraction of sp³-hybridized carbons (Fsp3) is 0.600. The highest BCUT2D eigenvalue weighted by Gasteiger charge is 2.23. The largest absolute Gasteiger partial charge is 0.312 e. The molecule has 106 valence electrons. The number of nitrogens with zero attached hydrogens (tertiary/aromatic N) is 1. The highest BCUT2D eigenvalue weighted by molar-refractivity contribution is 9.10. The molecule has 0 aromatic heterocycles. The van der Waals surface area contributed by atoms with E-state index in [0.717, 1.165) is 24.6 Å². The summed E-state index contributed by atoms with van der Waals surface area (Å²) in [6.07, 6.45) is 1.26. The van der Waals surface area contributed by atoms with Crippen LogP contribution in [-0.2, 0) is 6.54 Å². The summed E-state index contributed by atoms with van der Waals surface area (Å²) in [6.45, 7) is 8.64. The van der Waals surface area contributed by atoms with Crippen LogP contribution in [0.3, 0.4) is 0 Å². The molecular formula is C15H22BrFN2. The topological polar surface area (TPSA) is 15.3 Å². The van der Waals surface area contributed by atoms with Gasteiger partial charge in [-0.3, -0.25) is 0 Å². The summed E-state index contributed by atoms with van der Waals surface area (Å²) >= 11 is 3.17. The maximum atomic E-state index is 13.4. The lowest BCUT2D eigenvalue weighted by Gasteiger charge is -2.20. The number of likely N-dealkylation sites (tertiary alicyclic amines) is 1. The van der Waals surface area contributed by atoms with Gasteiger partial charge in [-0.25, -0.2) is 4.39 Å². The van der Waals surface area contributed by atoms with E-state index >= 15 is 0 Å². The Morgan fingerprint density at radius 2 is 2.26 bits per heavy atom. The Kier molecular flexibility index (Phi) is 5.37. The van der Waals surface area contributed by atoms with E-state index in [1.807, 2.05) is 6.07 Å². The fourth-order valence-corrected chi connectivity index (χ4v) is 2.82. The number of rotatable bonds is 5. The van der Waals surface area contributed by atoms with E-state index in [9.17, 15) is 4.39 Å². The Bertz CT molecular complexity index is 423. The molecule has 0 bridgehead atoms. The summed E-state index contributed by atoms with van der Waals surface area (Å²) < 4.78 is 13.9. The van der Waals surface area contributed by atoms with Crippen LogP contribution in [0.4, 0.5) is 4.39 Å². The predicted molar refractivity (Wildman–Crippen MR) is 80.6 cm³/mol. The van der Waals surface area contributed by atoms with E-state index in [1.165, 1.54) is 19.5 Å². The molecule has 0 saturated carbocycles. The van der Waals surface area contributed by atoms with Crippen molar-refractivity contribution >= 4 is 15.9 Å². The molecule has 0 spiro atoms. The Morgan fingerprint density at radius 3 is 2.89 bits per heavy atom. The molecule has 1 aliphatic heterocycles. The van der Waals surface area contributed by atoms with Crippen LogP contribution >= 0.6 is 15.9 Å². The number of benzene rings is 1. The second-order valence-corrected chi connectivity index (χ2v) is 6.48. The molecule has 1 aliphatic rings. The molecule has 1 heterocycles. The smallest absolute Gasteiger partial charge is 0.137 e. The van der Waals surface area contributed by atoms with Crippen molar-refractivity contribution in [3.8, 4) is 0 Å². The van der Waals surface area contributed by atoms with Crippen molar-refractivity contribution in [3.63, 3.8) is 0 Å². The molecule has 1 saturated heterocycles. The lowest BCUT2D eigenvalue weighted by molar-refractivity contribution is 0.264. The first kappa shape index (κ1) is 14.9. The molecule has 0 radical (unpaired) electrons. The number of halogens is 2. The van der Waals surface area contributed by atoms with Crippen LogP contribution < -0.4 is 5.32 Å². The molecule has 2 rings (SSSR count). The molecular weight excluding hydrogens is 307 g/mol. The molecule has 0 aliphatic carbocycles. The molecule has 1 unspecified atom stereocenters. The second-order valence-electron chi connectivity index (χ2n) is 5.62. The van der Waals surface area contributed by atoms with E-state index in [0.29, 0.717) is 10.5 Å². The Morgan fingerprint density at radius 1 is 1.47 bits per heavy atom. The molecule has 1 N–H and O–H groups in total. The number of hydrogen-bond acceptors (Lipinski definition) is 2. The Labute approximate surface area is 123 Å². The summed E-state index contributed by atoms with van der Waals surface area (Å²) in [5.41, 5.74) is 0.999. The van der Waals surface area contributed by atoms with Gasteiger partial charge in [0.2, 0.25) is 0 Å². The minimum Gasteiger partial charge on any atom is -0.312 e. The summed E-state index contributed by atoms with van der Waals surface area (Å²) in [7, 11) is 0. The van der Waals surface area contributed by atoms with Gasteiger partial charge in [-0.05, 0) is 72.9 Å². The fourth-order valence-electron chi connectivity index (χ4n) is 2.57. The third kappa shape index (κ3) is 4.26. The highest BCUT2D eigenvalue weighted by Crippen LogP contribution is 2.18. The van der Waals surface area contributed by atoms with Gasteiger partial charge in [-0.1, -0.05) is 6.07 Å². The summed E-state index contributed by atoms with van der Waals surface area (Å²) in [5, 5.41) is 3.44. The van der Waals surface area contributed by atoms with Gasteiger partial charge >= 0.3 is 0 Å². The summed E-state index contributed by atoms with van der Waals surface area (Å²) in [6, 6.07) is 5.95. The lowest BCUT2D eigenvalue weighted by atomic mass is 10.1. The molecule has 1 fully saturated rings. The molecule has 19 heavy (non-hydrogen) atoms. The van der Waals surface area contributed by atoms with Crippen molar-refractivity contribution in [2.24, 2.45) is 5.92 Å². The van der Waals surface area contributed by atoms with Crippen LogP contribution in [0, 0.1) is 11.7 Å². The standard InChI is InChI=1S/C15H22BrFN2/c1-11(2)19-6-5-13(10-19)9-18-8-12-3-4-14(16)15(17)7-12/h3-4,7,11,13,18H,5-6,8-10H2,1-2H3. The minimum atomic E-state index is -0.189. The molecule has 0 amide bonds. The van der Waals surface area contributed by atoms with Gasteiger partial charge in [0.1, 0.15) is 5.82 Å². The first-order valence-electron chi connectivity index (χ1n) is 6.95. The molecule has 1 aromatic carbocycles. The van der Waals surface area contributed by atoms with E-state index < -0.39 is 0 Å². The zero-order chi connectivity index (χ0) is 13.8. The SMILES string of the molecule is CC(C)N1CCC(CNCc2ccc(Br)c(F)c2)C1. The van der Waals surface area contributed by atoms with Gasteiger partial charge in [-0.2, -0.15) is 0 Å². The summed E-state index contributed by atoms with van der Waals surface area (Å²) in [4.78, 5) is 2.52. The van der Waals surface area contributed by atoms with E-state index in [-0.39, 0.29) is 5.82 Å². The van der Waals surface area contributed by atoms with Crippen molar-refractivity contribution in [1.82, 2.24) is 10.2 Å². The van der Waals surface area contributed by atoms with Crippen molar-refractivity contribution in [2.75, 3.05) is 19.6 Å². The van der Waals surface area contributed by atoms with Gasteiger partial charge in [0.15, 0.2) is 0 Å². The Balaban J connectivity index is 1.73. The zero-order valence-corrected chi connectivity index (χ0v) is 13.2. The van der Waals surface area contributed by atoms with Gasteiger partial charge < -0.3 is 10.2 Å². The van der Waals surface area contributed by atoms with E-state index in [4.69, 9.17) is 0 Å². The average molecular weight is 329 g/mol. The maximum Gasteiger partial charge on any atom is 0.137 e. The first-order chi connectivity index (χ1) is 9.06. The van der Waals surface area contributed by atoms with Crippen molar-refractivity contribution in [3.05, 3.63) is 34.1 Å². The zero-order valence-electron chi connectivity index (χ0n) is 11.6. The molecule has 1 atom stereocenters. The van der Waals surface area contributed by atoms with Gasteiger partial charge in [0.25, 0.3) is 0 Å². The average Bonchev–Trinajstić information content (AvgIpc) is 2.83. The van der Waals surface area contributed by atoms with E-state index in [2.05, 4.69) is 40.0 Å². The second kappa shape index (κ2) is 6.82. The normalized spacial score (nSPS) is 20.4. The van der Waals surface area contributed by atoms with E-state index in [1.54, 1.807) is 12.1 Å². The van der Waals surface area contributed by atoms with Crippen LogP contribution in [0.15, 0.2) is 22.7 Å². The third-order valence-electron chi connectivity index (χ3n) is 3.79. The van der Waals surface area contributed by atoms with Crippen LogP contribution in [0.5, 0.6) is 0 Å². The minimum absolute atomic E-state index is 0.189. The number of nitrogens with one attached hydrogen (secondary N) is 1. The predicted octanol–water partition coefficient (Wildman–Crippen LogP) is 3.41. The van der Waals surface area contributed by atoms with Gasteiger partial charge in [0, 0.05) is 19.1 Å². The van der Waals surface area contributed by atoms with Gasteiger partial charge in [-0.15, -0.1) is 0 Å². The van der Waals surface area contributed by atoms with Crippen LogP contribution in [-0.4, -0.2) is 30.6 Å². The quantitative estimate of drug-likeness (QED) is 0.891. The monoisotopic (exact) mass is 328 g/mol. The maximum absolute atomic E-state index is 13.4. The van der Waals surface area contributed by atoms with Crippen molar-refractivity contribution < 1.29 is 4.39 Å². The van der Waals surface area contributed by atoms with Crippen LogP contribution in [0.2, 0.25) is 0 Å². The molecule has 1 aromatic rings. The molecule has 2 nitrogen and oxygen atoms in total. The first-order valence-corrected chi connectivity index (χ1v) is 7.74. The summed E-state index contributed by atoms with van der Waals surface area (Å²) in [5.74, 6) is 0.536. The molecule has 4 heteroatoms. The lowest BCUT2D eigenvalue weighted by Crippen LogP contribution is -2.30. The van der Waals surface area contributed by atoms with Crippen LogP contribution in [0.25, 0.3) is 0 Å². The van der Waals surface area contributed by atoms with Crippen molar-refractivity contribution in [2.45, 2.75) is 32.9 Å². The highest BCUT2D eigenvalue weighted by atomic mass is 79.9.